The summed E-state index contributed by atoms with van der Waals surface area (Å²) in [5, 5.41) is 16.1. The molecule has 0 aliphatic rings. The number of hydrogen-bond donors (Lipinski definition) is 2. The van der Waals surface area contributed by atoms with E-state index in [0.717, 1.165) is 29.0 Å². The van der Waals surface area contributed by atoms with Gasteiger partial charge in [0.2, 0.25) is 0 Å². The molecule has 0 bridgehead atoms. The number of carbonyl (C=O) groups is 1. The van der Waals surface area contributed by atoms with Crippen LogP contribution >= 0.6 is 11.8 Å². The van der Waals surface area contributed by atoms with Crippen molar-refractivity contribution in [2.45, 2.75) is 25.5 Å². The van der Waals surface area contributed by atoms with Gasteiger partial charge in [0.15, 0.2) is 22.3 Å². The zero-order valence-corrected chi connectivity index (χ0v) is 19.0. The summed E-state index contributed by atoms with van der Waals surface area (Å²) in [6.07, 6.45) is 3.70. The van der Waals surface area contributed by atoms with Gasteiger partial charge in [-0.25, -0.2) is 14.6 Å². The van der Waals surface area contributed by atoms with Crippen molar-refractivity contribution in [1.29, 1.82) is 0 Å². The predicted octanol–water partition coefficient (Wildman–Crippen LogP) is 3.70. The normalized spacial score (nSPS) is 11.2. The average molecular weight is 452 g/mol. The standard InChI is InChI=1S/C22H25N7O2S/c1-14(2)12-24-19-16-13-25-29(20(16)27-22(26-19)32-3)10-9-23-21(30)17-11-18(31-28-17)15-7-5-4-6-8-15/h4-8,11,13-14H,9-10,12H2,1-3H3,(H,23,30)(H,24,26,27). The fraction of sp³-hybridized carbons (Fsp3) is 0.318. The lowest BCUT2D eigenvalue weighted by Crippen LogP contribution is -2.27. The van der Waals surface area contributed by atoms with E-state index >= 15 is 0 Å². The zero-order valence-electron chi connectivity index (χ0n) is 18.2. The molecule has 0 fully saturated rings. The van der Waals surface area contributed by atoms with Gasteiger partial charge in [-0.15, -0.1) is 0 Å². The molecule has 2 N–H and O–H groups in total. The molecule has 1 amide bonds. The molecule has 0 aliphatic carbocycles. The van der Waals surface area contributed by atoms with E-state index in [2.05, 4.69) is 44.7 Å². The van der Waals surface area contributed by atoms with Crippen LogP contribution in [0.5, 0.6) is 0 Å². The molecule has 4 aromatic rings. The summed E-state index contributed by atoms with van der Waals surface area (Å²) in [5.41, 5.74) is 1.84. The van der Waals surface area contributed by atoms with E-state index in [1.54, 1.807) is 16.9 Å². The highest BCUT2D eigenvalue weighted by molar-refractivity contribution is 7.98. The highest BCUT2D eigenvalue weighted by Crippen LogP contribution is 2.24. The number of carbonyl (C=O) groups excluding carboxylic acids is 1. The fourth-order valence-electron chi connectivity index (χ4n) is 3.11. The molecular formula is C22H25N7O2S. The number of amides is 1. The molecular weight excluding hydrogens is 426 g/mol. The van der Waals surface area contributed by atoms with Crippen LogP contribution in [0.3, 0.4) is 0 Å². The zero-order chi connectivity index (χ0) is 22.5. The molecule has 32 heavy (non-hydrogen) atoms. The molecule has 3 aromatic heterocycles. The Bertz CT molecular complexity index is 1200. The molecule has 0 unspecified atom stereocenters. The third-order valence-corrected chi connectivity index (χ3v) is 5.29. The van der Waals surface area contributed by atoms with E-state index in [0.29, 0.717) is 29.9 Å². The Balaban J connectivity index is 1.42. The molecule has 0 aliphatic heterocycles. The summed E-state index contributed by atoms with van der Waals surface area (Å²) in [7, 11) is 0. The maximum Gasteiger partial charge on any atom is 0.273 e. The molecule has 0 saturated heterocycles. The fourth-order valence-corrected chi connectivity index (χ4v) is 3.47. The van der Waals surface area contributed by atoms with E-state index in [4.69, 9.17) is 4.52 Å². The number of benzene rings is 1. The molecule has 166 valence electrons. The van der Waals surface area contributed by atoms with Gasteiger partial charge in [-0.2, -0.15) is 5.10 Å². The van der Waals surface area contributed by atoms with Crippen LogP contribution in [-0.4, -0.2) is 50.2 Å². The summed E-state index contributed by atoms with van der Waals surface area (Å²) in [6, 6.07) is 11.2. The molecule has 0 spiro atoms. The van der Waals surface area contributed by atoms with Gasteiger partial charge in [-0.05, 0) is 12.2 Å². The Hall–Kier alpha value is -3.40. The van der Waals surface area contributed by atoms with Gasteiger partial charge in [-0.3, -0.25) is 4.79 Å². The van der Waals surface area contributed by atoms with E-state index in [9.17, 15) is 4.79 Å². The second-order valence-corrected chi connectivity index (χ2v) is 8.41. The number of anilines is 1. The third-order valence-electron chi connectivity index (χ3n) is 4.75. The van der Waals surface area contributed by atoms with Crippen LogP contribution in [0.2, 0.25) is 0 Å². The molecule has 4 rings (SSSR count). The van der Waals surface area contributed by atoms with Crippen LogP contribution in [0.15, 0.2) is 52.3 Å². The number of nitrogens with one attached hydrogen (secondary N) is 2. The highest BCUT2D eigenvalue weighted by atomic mass is 32.2. The quantitative estimate of drug-likeness (QED) is 0.293. The maximum atomic E-state index is 12.5. The van der Waals surface area contributed by atoms with E-state index in [1.807, 2.05) is 36.6 Å². The molecule has 1 aromatic carbocycles. The molecule has 0 saturated carbocycles. The van der Waals surface area contributed by atoms with Crippen LogP contribution in [0.4, 0.5) is 5.82 Å². The van der Waals surface area contributed by atoms with Crippen LogP contribution in [-0.2, 0) is 6.54 Å². The monoisotopic (exact) mass is 451 g/mol. The third kappa shape index (κ3) is 4.91. The van der Waals surface area contributed by atoms with Crippen molar-refractivity contribution in [2.24, 2.45) is 5.92 Å². The van der Waals surface area contributed by atoms with Crippen LogP contribution in [0.25, 0.3) is 22.4 Å². The molecule has 3 heterocycles. The SMILES string of the molecule is CSc1nc(NCC(C)C)c2cnn(CCNC(=O)c3cc(-c4ccccc4)on3)c2n1. The number of nitrogens with zero attached hydrogens (tertiary/aromatic N) is 5. The smallest absolute Gasteiger partial charge is 0.273 e. The van der Waals surface area contributed by atoms with E-state index in [1.165, 1.54) is 11.8 Å². The largest absolute Gasteiger partial charge is 0.369 e. The second kappa shape index (κ2) is 9.82. The van der Waals surface area contributed by atoms with E-state index in [-0.39, 0.29) is 11.6 Å². The molecule has 9 nitrogen and oxygen atoms in total. The summed E-state index contributed by atoms with van der Waals surface area (Å²) in [6.45, 7) is 5.93. The predicted molar refractivity (Wildman–Crippen MR) is 125 cm³/mol. The molecule has 10 heteroatoms. The summed E-state index contributed by atoms with van der Waals surface area (Å²) in [4.78, 5) is 21.7. The summed E-state index contributed by atoms with van der Waals surface area (Å²) in [5.74, 6) is 1.52. The summed E-state index contributed by atoms with van der Waals surface area (Å²) < 4.78 is 7.08. The Morgan fingerprint density at radius 1 is 1.22 bits per heavy atom. The van der Waals surface area contributed by atoms with E-state index < -0.39 is 0 Å². The second-order valence-electron chi connectivity index (χ2n) is 7.64. The number of fused-ring (bicyclic) bond motifs is 1. The topological polar surface area (TPSA) is 111 Å². The lowest BCUT2D eigenvalue weighted by atomic mass is 10.1. The van der Waals surface area contributed by atoms with Crippen molar-refractivity contribution in [3.05, 3.63) is 48.3 Å². The Morgan fingerprint density at radius 3 is 2.78 bits per heavy atom. The van der Waals surface area contributed by atoms with Crippen LogP contribution in [0, 0.1) is 5.92 Å². The highest BCUT2D eigenvalue weighted by Gasteiger charge is 2.15. The first-order chi connectivity index (χ1) is 15.5. The van der Waals surface area contributed by atoms with Crippen molar-refractivity contribution < 1.29 is 9.32 Å². The first-order valence-corrected chi connectivity index (χ1v) is 11.6. The maximum absolute atomic E-state index is 12.5. The van der Waals surface area contributed by atoms with Crippen molar-refractivity contribution in [3.8, 4) is 11.3 Å². The minimum atomic E-state index is -0.300. The first-order valence-electron chi connectivity index (χ1n) is 10.4. The van der Waals surface area contributed by atoms with Gasteiger partial charge in [0.1, 0.15) is 5.82 Å². The van der Waals surface area contributed by atoms with Crippen molar-refractivity contribution >= 4 is 34.5 Å². The Kier molecular flexibility index (Phi) is 6.69. The number of hydrogen-bond acceptors (Lipinski definition) is 8. The van der Waals surface area contributed by atoms with Crippen molar-refractivity contribution in [1.82, 2.24) is 30.2 Å². The van der Waals surface area contributed by atoms with Gasteiger partial charge in [0.05, 0.1) is 18.1 Å². The first kappa shape index (κ1) is 21.8. The van der Waals surface area contributed by atoms with Crippen molar-refractivity contribution in [2.75, 3.05) is 24.7 Å². The van der Waals surface area contributed by atoms with Gasteiger partial charge in [0.25, 0.3) is 5.91 Å². The minimum absolute atomic E-state index is 0.237. The summed E-state index contributed by atoms with van der Waals surface area (Å²) >= 11 is 1.48. The minimum Gasteiger partial charge on any atom is -0.369 e. The Labute approximate surface area is 190 Å². The molecule has 0 atom stereocenters. The lowest BCUT2D eigenvalue weighted by Gasteiger charge is -2.10. The Morgan fingerprint density at radius 2 is 2.03 bits per heavy atom. The lowest BCUT2D eigenvalue weighted by molar-refractivity contribution is 0.0943. The van der Waals surface area contributed by atoms with Gasteiger partial charge in [-0.1, -0.05) is 61.1 Å². The van der Waals surface area contributed by atoms with Crippen molar-refractivity contribution in [3.63, 3.8) is 0 Å². The van der Waals surface area contributed by atoms with Gasteiger partial charge >= 0.3 is 0 Å². The number of aromatic nitrogens is 5. The number of rotatable bonds is 9. The van der Waals surface area contributed by atoms with Crippen LogP contribution in [0.1, 0.15) is 24.3 Å². The van der Waals surface area contributed by atoms with Crippen LogP contribution < -0.4 is 10.6 Å². The number of thioether (sulfide) groups is 1. The molecule has 0 radical (unpaired) electrons. The van der Waals surface area contributed by atoms with Gasteiger partial charge in [0, 0.05) is 24.7 Å². The average Bonchev–Trinajstić information content (AvgIpc) is 3.46. The van der Waals surface area contributed by atoms with Gasteiger partial charge < -0.3 is 15.2 Å².